The van der Waals surface area contributed by atoms with Gasteiger partial charge >= 0.3 is 0 Å². The van der Waals surface area contributed by atoms with E-state index < -0.39 is 0 Å². The van der Waals surface area contributed by atoms with E-state index in [4.69, 9.17) is 19.9 Å². The number of nitrogens with zero attached hydrogens (tertiary/aromatic N) is 1. The van der Waals surface area contributed by atoms with Crippen molar-refractivity contribution in [3.63, 3.8) is 0 Å². The van der Waals surface area contributed by atoms with Gasteiger partial charge in [0.15, 0.2) is 11.5 Å². The highest BCUT2D eigenvalue weighted by atomic mass is 16.5. The van der Waals surface area contributed by atoms with Crippen molar-refractivity contribution in [1.82, 2.24) is 10.2 Å². The van der Waals surface area contributed by atoms with E-state index >= 15 is 0 Å². The van der Waals surface area contributed by atoms with E-state index in [1.165, 1.54) is 0 Å². The summed E-state index contributed by atoms with van der Waals surface area (Å²) in [5, 5.41) is 7.08. The molecule has 0 unspecified atom stereocenters. The summed E-state index contributed by atoms with van der Waals surface area (Å²) in [6.07, 6.45) is 0. The van der Waals surface area contributed by atoms with E-state index in [2.05, 4.69) is 10.2 Å². The molecular weight excluding hydrogens is 246 g/mol. The maximum Gasteiger partial charge on any atom is 0.203 e. The number of benzene rings is 1. The maximum absolute atomic E-state index is 5.56. The summed E-state index contributed by atoms with van der Waals surface area (Å²) in [7, 11) is 4.73. The third-order valence-electron chi connectivity index (χ3n) is 2.81. The van der Waals surface area contributed by atoms with E-state index in [9.17, 15) is 0 Å². The zero-order valence-corrected chi connectivity index (χ0v) is 11.2. The summed E-state index contributed by atoms with van der Waals surface area (Å²) >= 11 is 0. The molecule has 19 heavy (non-hydrogen) atoms. The number of nitrogens with two attached hydrogens (primary N) is 1. The van der Waals surface area contributed by atoms with Gasteiger partial charge in [0.05, 0.1) is 27.0 Å². The van der Waals surface area contributed by atoms with Crippen molar-refractivity contribution < 1.29 is 14.2 Å². The van der Waals surface area contributed by atoms with Crippen LogP contribution in [0.2, 0.25) is 0 Å². The van der Waals surface area contributed by atoms with Gasteiger partial charge in [0.25, 0.3) is 0 Å². The van der Waals surface area contributed by atoms with Crippen molar-refractivity contribution >= 4 is 0 Å². The quantitative estimate of drug-likeness (QED) is 0.855. The van der Waals surface area contributed by atoms with E-state index in [1.54, 1.807) is 21.3 Å². The zero-order chi connectivity index (χ0) is 13.8. The maximum atomic E-state index is 5.56. The second kappa shape index (κ2) is 5.62. The van der Waals surface area contributed by atoms with E-state index in [1.807, 2.05) is 18.2 Å². The lowest BCUT2D eigenvalue weighted by atomic mass is 10.1. The van der Waals surface area contributed by atoms with Gasteiger partial charge in [-0.2, -0.15) is 5.10 Å². The van der Waals surface area contributed by atoms with Gasteiger partial charge in [-0.15, -0.1) is 0 Å². The van der Waals surface area contributed by atoms with Crippen LogP contribution in [-0.4, -0.2) is 31.5 Å². The Morgan fingerprint density at radius 2 is 1.68 bits per heavy atom. The molecule has 0 aliphatic rings. The molecule has 6 heteroatoms. The Morgan fingerprint density at radius 3 is 2.11 bits per heavy atom. The van der Waals surface area contributed by atoms with Gasteiger partial charge in [-0.05, 0) is 18.2 Å². The molecule has 0 spiro atoms. The van der Waals surface area contributed by atoms with Crippen LogP contribution >= 0.6 is 0 Å². The van der Waals surface area contributed by atoms with Gasteiger partial charge in [0.2, 0.25) is 5.75 Å². The minimum Gasteiger partial charge on any atom is -0.493 e. The topological polar surface area (TPSA) is 82.4 Å². The molecular formula is C13H17N3O3. The number of rotatable bonds is 5. The Bertz CT molecular complexity index is 541. The van der Waals surface area contributed by atoms with Gasteiger partial charge < -0.3 is 19.9 Å². The van der Waals surface area contributed by atoms with Crippen LogP contribution in [0, 0.1) is 0 Å². The van der Waals surface area contributed by atoms with Crippen LogP contribution in [0.4, 0.5) is 0 Å². The summed E-state index contributed by atoms with van der Waals surface area (Å²) in [5.74, 6) is 1.74. The molecule has 0 atom stereocenters. The van der Waals surface area contributed by atoms with Gasteiger partial charge in [0, 0.05) is 17.8 Å². The number of methoxy groups -OCH3 is 3. The Morgan fingerprint density at radius 1 is 1.05 bits per heavy atom. The molecule has 0 aliphatic carbocycles. The molecule has 0 saturated heterocycles. The fourth-order valence-corrected chi connectivity index (χ4v) is 1.84. The van der Waals surface area contributed by atoms with Crippen LogP contribution in [0.3, 0.4) is 0 Å². The van der Waals surface area contributed by atoms with Crippen LogP contribution in [0.5, 0.6) is 17.2 Å². The predicted octanol–water partition coefficient (Wildman–Crippen LogP) is 1.56. The summed E-state index contributed by atoms with van der Waals surface area (Å²) in [6, 6.07) is 5.58. The normalized spacial score (nSPS) is 10.3. The lowest BCUT2D eigenvalue weighted by Crippen LogP contribution is -1.95. The molecule has 6 nitrogen and oxygen atoms in total. The standard InChI is InChI=1S/C13H17N3O3/c1-17-11-4-8(5-12(18-2)13(11)19-3)10-6-9(7-14)15-16-10/h4-6H,7,14H2,1-3H3,(H,15,16). The monoisotopic (exact) mass is 263 g/mol. The first-order valence-corrected chi connectivity index (χ1v) is 5.78. The molecule has 0 fully saturated rings. The van der Waals surface area contributed by atoms with Crippen molar-refractivity contribution in [3.8, 4) is 28.5 Å². The van der Waals surface area contributed by atoms with Crippen LogP contribution in [0.1, 0.15) is 5.69 Å². The fraction of sp³-hybridized carbons (Fsp3) is 0.308. The van der Waals surface area contributed by atoms with Gasteiger partial charge in [-0.3, -0.25) is 5.10 Å². The number of hydrogen-bond donors (Lipinski definition) is 2. The largest absolute Gasteiger partial charge is 0.493 e. The number of aromatic nitrogens is 2. The van der Waals surface area contributed by atoms with Gasteiger partial charge in [-0.25, -0.2) is 0 Å². The van der Waals surface area contributed by atoms with Crippen molar-refractivity contribution in [3.05, 3.63) is 23.9 Å². The average molecular weight is 263 g/mol. The number of hydrogen-bond acceptors (Lipinski definition) is 5. The molecule has 2 rings (SSSR count). The van der Waals surface area contributed by atoms with Crippen LogP contribution < -0.4 is 19.9 Å². The van der Waals surface area contributed by atoms with Crippen molar-refractivity contribution in [2.24, 2.45) is 5.73 Å². The third-order valence-corrected chi connectivity index (χ3v) is 2.81. The first-order valence-electron chi connectivity index (χ1n) is 5.78. The minimum atomic E-state index is 0.414. The number of ether oxygens (including phenoxy) is 3. The first-order chi connectivity index (χ1) is 9.23. The van der Waals surface area contributed by atoms with E-state index in [0.717, 1.165) is 17.0 Å². The Hall–Kier alpha value is -2.21. The van der Waals surface area contributed by atoms with Crippen LogP contribution in [-0.2, 0) is 6.54 Å². The number of H-pyrrole nitrogens is 1. The molecule has 0 aliphatic heterocycles. The smallest absolute Gasteiger partial charge is 0.203 e. The van der Waals surface area contributed by atoms with Gasteiger partial charge in [-0.1, -0.05) is 0 Å². The van der Waals surface area contributed by atoms with Crippen LogP contribution in [0.15, 0.2) is 18.2 Å². The Balaban J connectivity index is 2.51. The Labute approximate surface area is 111 Å². The lowest BCUT2D eigenvalue weighted by molar-refractivity contribution is 0.324. The second-order valence-corrected chi connectivity index (χ2v) is 3.90. The number of aromatic amines is 1. The molecule has 1 aromatic heterocycles. The third kappa shape index (κ3) is 2.48. The molecule has 2 aromatic rings. The zero-order valence-electron chi connectivity index (χ0n) is 11.2. The average Bonchev–Trinajstić information content (AvgIpc) is 2.94. The van der Waals surface area contributed by atoms with Crippen molar-refractivity contribution in [1.29, 1.82) is 0 Å². The fourth-order valence-electron chi connectivity index (χ4n) is 1.84. The van der Waals surface area contributed by atoms with Gasteiger partial charge in [0.1, 0.15) is 0 Å². The first kappa shape index (κ1) is 13.2. The molecule has 3 N–H and O–H groups in total. The summed E-state index contributed by atoms with van der Waals surface area (Å²) in [4.78, 5) is 0. The molecule has 1 aromatic carbocycles. The highest BCUT2D eigenvalue weighted by molar-refractivity contribution is 5.68. The summed E-state index contributed by atoms with van der Waals surface area (Å²) < 4.78 is 15.9. The molecule has 102 valence electrons. The van der Waals surface area contributed by atoms with Crippen LogP contribution in [0.25, 0.3) is 11.3 Å². The highest BCUT2D eigenvalue weighted by Gasteiger charge is 2.15. The predicted molar refractivity (Wildman–Crippen MR) is 71.6 cm³/mol. The van der Waals surface area contributed by atoms with E-state index in [-0.39, 0.29) is 0 Å². The van der Waals surface area contributed by atoms with Crippen molar-refractivity contribution in [2.75, 3.05) is 21.3 Å². The highest BCUT2D eigenvalue weighted by Crippen LogP contribution is 2.40. The molecule has 1 heterocycles. The molecule has 0 amide bonds. The summed E-state index contributed by atoms with van der Waals surface area (Å²) in [6.45, 7) is 0.414. The van der Waals surface area contributed by atoms with Crippen molar-refractivity contribution in [2.45, 2.75) is 6.54 Å². The SMILES string of the molecule is COc1cc(-c2cc(CN)[nH]n2)cc(OC)c1OC. The molecule has 0 bridgehead atoms. The lowest BCUT2D eigenvalue weighted by Gasteiger charge is -2.13. The minimum absolute atomic E-state index is 0.414. The molecule has 0 radical (unpaired) electrons. The Kier molecular flexibility index (Phi) is 3.91. The number of nitrogens with one attached hydrogen (secondary N) is 1. The van der Waals surface area contributed by atoms with E-state index in [0.29, 0.717) is 23.8 Å². The summed E-state index contributed by atoms with van der Waals surface area (Å²) in [5.41, 5.74) is 8.07. The second-order valence-electron chi connectivity index (χ2n) is 3.90. The molecule has 0 saturated carbocycles.